The standard InChI is InChI=1S/C22H28O2Se/c1-5-24-19(23)14-25-22-11-10-18(20(3,4)15(22)2)21(22)12-16-8-6-7-9-17(16)13-21/h6-9,18H,2,5,10-14H2,1,3-4H3. The first-order valence-corrected chi connectivity index (χ1v) is 11.5. The van der Waals surface area contributed by atoms with E-state index < -0.39 is 0 Å². The van der Waals surface area contributed by atoms with Gasteiger partial charge in [-0.15, -0.1) is 0 Å². The molecule has 0 aromatic heterocycles. The van der Waals surface area contributed by atoms with E-state index in [2.05, 4.69) is 44.7 Å². The molecule has 2 atom stereocenters. The van der Waals surface area contributed by atoms with Crippen LogP contribution < -0.4 is 0 Å². The molecule has 25 heavy (non-hydrogen) atoms. The second kappa shape index (κ2) is 5.72. The molecule has 1 aromatic carbocycles. The normalized spacial score (nSPS) is 30.7. The molecular formula is C22H28O2Se. The van der Waals surface area contributed by atoms with Gasteiger partial charge in [-0.05, 0) is 0 Å². The van der Waals surface area contributed by atoms with Gasteiger partial charge >= 0.3 is 157 Å². The van der Waals surface area contributed by atoms with E-state index in [9.17, 15) is 4.79 Å². The summed E-state index contributed by atoms with van der Waals surface area (Å²) in [4.78, 5) is 12.1. The molecule has 2 nitrogen and oxygen atoms in total. The molecule has 3 heteroatoms. The Morgan fingerprint density at radius 2 is 1.92 bits per heavy atom. The van der Waals surface area contributed by atoms with Crippen LogP contribution in [0.1, 0.15) is 44.7 Å². The van der Waals surface area contributed by atoms with Gasteiger partial charge in [-0.3, -0.25) is 0 Å². The summed E-state index contributed by atoms with van der Waals surface area (Å²) in [6, 6.07) is 8.96. The van der Waals surface area contributed by atoms with Crippen LogP contribution in [0.3, 0.4) is 0 Å². The molecule has 0 N–H and O–H groups in total. The summed E-state index contributed by atoms with van der Waals surface area (Å²) in [5, 5.41) is 0.584. The van der Waals surface area contributed by atoms with Gasteiger partial charge in [0.05, 0.1) is 0 Å². The van der Waals surface area contributed by atoms with Gasteiger partial charge < -0.3 is 0 Å². The van der Waals surface area contributed by atoms with Crippen LogP contribution in [0, 0.1) is 16.7 Å². The van der Waals surface area contributed by atoms with Crippen LogP contribution >= 0.6 is 0 Å². The van der Waals surface area contributed by atoms with Crippen LogP contribution in [-0.4, -0.2) is 27.5 Å². The van der Waals surface area contributed by atoms with Gasteiger partial charge in [0.2, 0.25) is 0 Å². The van der Waals surface area contributed by atoms with Crippen molar-refractivity contribution in [2.24, 2.45) is 16.7 Å². The first-order valence-electron chi connectivity index (χ1n) is 9.43. The molecule has 2 fully saturated rings. The molecule has 0 amide bonds. The van der Waals surface area contributed by atoms with Gasteiger partial charge in [0.1, 0.15) is 0 Å². The average molecular weight is 403 g/mol. The Hall–Kier alpha value is -1.05. The van der Waals surface area contributed by atoms with Crippen molar-refractivity contribution in [3.8, 4) is 0 Å². The second-order valence-electron chi connectivity index (χ2n) is 8.49. The molecule has 4 rings (SSSR count). The molecule has 134 valence electrons. The maximum absolute atomic E-state index is 12.1. The van der Waals surface area contributed by atoms with Crippen molar-refractivity contribution in [2.75, 3.05) is 6.61 Å². The number of carbonyl (C=O) groups excluding carboxylic acids is 1. The number of hydrogen-bond donors (Lipinski definition) is 0. The quantitative estimate of drug-likeness (QED) is 0.417. The van der Waals surface area contributed by atoms with Gasteiger partial charge in [0.25, 0.3) is 0 Å². The van der Waals surface area contributed by atoms with Crippen LogP contribution in [0.15, 0.2) is 36.4 Å². The van der Waals surface area contributed by atoms with Crippen LogP contribution in [0.5, 0.6) is 0 Å². The minimum absolute atomic E-state index is 0.0245. The first-order chi connectivity index (χ1) is 11.9. The Morgan fingerprint density at radius 1 is 1.28 bits per heavy atom. The summed E-state index contributed by atoms with van der Waals surface area (Å²) in [5.74, 6) is 0.660. The van der Waals surface area contributed by atoms with E-state index in [4.69, 9.17) is 4.74 Å². The van der Waals surface area contributed by atoms with Crippen LogP contribution in [0.4, 0.5) is 0 Å². The average Bonchev–Trinajstić information content (AvgIpc) is 3.14. The number of hydrogen-bond acceptors (Lipinski definition) is 2. The van der Waals surface area contributed by atoms with E-state index in [1.165, 1.54) is 42.4 Å². The zero-order valence-corrected chi connectivity index (χ0v) is 17.3. The van der Waals surface area contributed by atoms with Gasteiger partial charge in [0, 0.05) is 0 Å². The Labute approximate surface area is 157 Å². The number of fused-ring (bicyclic) bond motifs is 1. The summed E-state index contributed by atoms with van der Waals surface area (Å²) in [7, 11) is 0. The Bertz CT molecular complexity index is 710. The number of rotatable bonds is 4. The van der Waals surface area contributed by atoms with Crippen molar-refractivity contribution >= 4 is 20.9 Å². The molecule has 3 aliphatic carbocycles. The van der Waals surface area contributed by atoms with Crippen molar-refractivity contribution in [1.29, 1.82) is 0 Å². The zero-order valence-electron chi connectivity index (χ0n) is 15.6. The number of carbonyl (C=O) groups is 1. The zero-order chi connectivity index (χ0) is 17.9. The molecule has 1 spiro atoms. The van der Waals surface area contributed by atoms with E-state index >= 15 is 0 Å². The van der Waals surface area contributed by atoms with Crippen molar-refractivity contribution < 1.29 is 9.53 Å². The summed E-state index contributed by atoms with van der Waals surface area (Å²) in [6.45, 7) is 11.8. The SMILES string of the molecule is C=C1C(C)(C)C2CCC1([Se]CC(=O)OCC)C21Cc2ccccc2C1. The third-order valence-corrected chi connectivity index (χ3v) is 10.9. The first kappa shape index (κ1) is 17.4. The van der Waals surface area contributed by atoms with E-state index in [1.807, 2.05) is 6.92 Å². The second-order valence-corrected chi connectivity index (χ2v) is 11.2. The maximum atomic E-state index is 12.1. The van der Waals surface area contributed by atoms with Gasteiger partial charge in [0.15, 0.2) is 0 Å². The molecule has 2 saturated carbocycles. The van der Waals surface area contributed by atoms with E-state index in [-0.39, 0.29) is 36.1 Å². The number of benzene rings is 1. The van der Waals surface area contributed by atoms with E-state index in [0.717, 1.165) is 0 Å². The predicted molar refractivity (Wildman–Crippen MR) is 102 cm³/mol. The molecule has 3 aliphatic rings. The molecule has 2 bridgehead atoms. The Kier molecular flexibility index (Phi) is 3.98. The van der Waals surface area contributed by atoms with Gasteiger partial charge in [-0.1, -0.05) is 0 Å². The third kappa shape index (κ3) is 2.18. The molecular weight excluding hydrogens is 375 g/mol. The van der Waals surface area contributed by atoms with Crippen LogP contribution in [-0.2, 0) is 22.4 Å². The van der Waals surface area contributed by atoms with Crippen molar-refractivity contribution in [2.45, 2.75) is 56.1 Å². The topological polar surface area (TPSA) is 26.3 Å². The molecule has 0 radical (unpaired) electrons. The molecule has 1 aromatic rings. The fourth-order valence-electron chi connectivity index (χ4n) is 6.25. The summed E-state index contributed by atoms with van der Waals surface area (Å²) in [6.07, 6.45) is 4.83. The van der Waals surface area contributed by atoms with E-state index in [1.54, 1.807) is 0 Å². The summed E-state index contributed by atoms with van der Waals surface area (Å²) in [5.41, 5.74) is 4.93. The molecule has 0 saturated heterocycles. The van der Waals surface area contributed by atoms with Crippen LogP contribution in [0.25, 0.3) is 0 Å². The number of esters is 1. The van der Waals surface area contributed by atoms with Crippen molar-refractivity contribution in [1.82, 2.24) is 0 Å². The monoisotopic (exact) mass is 404 g/mol. The molecule has 0 aliphatic heterocycles. The molecule has 0 heterocycles. The fourth-order valence-corrected chi connectivity index (χ4v) is 9.86. The number of allylic oxidation sites excluding steroid dienone is 1. The Morgan fingerprint density at radius 3 is 2.52 bits per heavy atom. The Balaban J connectivity index is 1.73. The van der Waals surface area contributed by atoms with Crippen molar-refractivity contribution in [3.05, 3.63) is 47.5 Å². The third-order valence-electron chi connectivity index (χ3n) is 7.26. The van der Waals surface area contributed by atoms with E-state index in [0.29, 0.717) is 17.8 Å². The minimum atomic E-state index is -0.0245. The number of ether oxygens (including phenoxy) is 1. The fraction of sp³-hybridized carbons (Fsp3) is 0.591. The van der Waals surface area contributed by atoms with Crippen molar-refractivity contribution in [3.63, 3.8) is 0 Å². The van der Waals surface area contributed by atoms with Gasteiger partial charge in [-0.25, -0.2) is 0 Å². The summed E-state index contributed by atoms with van der Waals surface area (Å²) < 4.78 is 5.40. The van der Waals surface area contributed by atoms with Crippen LogP contribution in [0.2, 0.25) is 9.63 Å². The predicted octanol–water partition coefficient (Wildman–Crippen LogP) is 4.62. The summed E-state index contributed by atoms with van der Waals surface area (Å²) >= 11 is 0.209. The molecule has 2 unspecified atom stereocenters. The van der Waals surface area contributed by atoms with Gasteiger partial charge in [-0.2, -0.15) is 0 Å².